The molecule has 0 radical (unpaired) electrons. The highest BCUT2D eigenvalue weighted by Gasteiger charge is 2.33. The zero-order valence-corrected chi connectivity index (χ0v) is 26.8. The Morgan fingerprint density at radius 3 is 2.23 bits per heavy atom. The van der Waals surface area contributed by atoms with Gasteiger partial charge in [0.1, 0.15) is 12.6 Å². The minimum absolute atomic E-state index is 0.0265. The SMILES string of the molecule is CCCCNC(=O)[C@@H](Cc1ccccc1)N(Cc1ccc(Cl)c(Cl)c1)C(=O)CN(c1ccc(I)cc1)S(C)(=O)=O. The van der Waals surface area contributed by atoms with Gasteiger partial charge in [0.25, 0.3) is 0 Å². The molecule has 3 rings (SSSR count). The number of nitrogens with zero attached hydrogens (tertiary/aromatic N) is 2. The Morgan fingerprint density at radius 2 is 1.62 bits per heavy atom. The van der Waals surface area contributed by atoms with Crippen LogP contribution in [-0.2, 0) is 32.6 Å². The lowest BCUT2D eigenvalue weighted by atomic mass is 10.0. The van der Waals surface area contributed by atoms with Crippen LogP contribution in [0.25, 0.3) is 0 Å². The van der Waals surface area contributed by atoms with Crippen molar-refractivity contribution in [3.8, 4) is 0 Å². The van der Waals surface area contributed by atoms with E-state index in [0.29, 0.717) is 27.8 Å². The number of halogens is 3. The maximum absolute atomic E-state index is 14.0. The lowest BCUT2D eigenvalue weighted by Gasteiger charge is -2.33. The first-order valence-corrected chi connectivity index (χ1v) is 16.5. The van der Waals surface area contributed by atoms with Gasteiger partial charge in [-0.2, -0.15) is 0 Å². The summed E-state index contributed by atoms with van der Waals surface area (Å²) in [7, 11) is -3.82. The Hall–Kier alpha value is -2.34. The molecule has 3 aromatic rings. The second kappa shape index (κ2) is 15.0. The van der Waals surface area contributed by atoms with Gasteiger partial charge in [-0.15, -0.1) is 0 Å². The zero-order chi connectivity index (χ0) is 29.3. The van der Waals surface area contributed by atoms with Crippen molar-refractivity contribution in [1.29, 1.82) is 0 Å². The lowest BCUT2D eigenvalue weighted by molar-refractivity contribution is -0.140. The van der Waals surface area contributed by atoms with E-state index in [1.807, 2.05) is 37.3 Å². The molecule has 1 N–H and O–H groups in total. The van der Waals surface area contributed by atoms with E-state index in [-0.39, 0.29) is 18.9 Å². The van der Waals surface area contributed by atoms with Crippen molar-refractivity contribution in [3.63, 3.8) is 0 Å². The summed E-state index contributed by atoms with van der Waals surface area (Å²) in [6, 6.07) is 20.3. The monoisotopic (exact) mass is 715 g/mol. The topological polar surface area (TPSA) is 86.8 Å². The number of hydrogen-bond donors (Lipinski definition) is 1. The number of nitrogens with one attached hydrogen (secondary N) is 1. The van der Waals surface area contributed by atoms with Crippen LogP contribution in [0.3, 0.4) is 0 Å². The predicted molar refractivity (Wildman–Crippen MR) is 170 cm³/mol. The fourth-order valence-corrected chi connectivity index (χ4v) is 5.65. The van der Waals surface area contributed by atoms with Gasteiger partial charge in [-0.25, -0.2) is 8.42 Å². The summed E-state index contributed by atoms with van der Waals surface area (Å²) in [6.45, 7) is 2.04. The molecule has 0 saturated heterocycles. The fraction of sp³-hybridized carbons (Fsp3) is 0.310. The molecular formula is C29H32Cl2IN3O4S. The maximum atomic E-state index is 14.0. The number of unbranched alkanes of at least 4 members (excludes halogenated alkanes) is 1. The van der Waals surface area contributed by atoms with Crippen molar-refractivity contribution in [2.75, 3.05) is 23.7 Å². The summed E-state index contributed by atoms with van der Waals surface area (Å²) in [5.41, 5.74) is 1.88. The molecule has 7 nitrogen and oxygen atoms in total. The second-order valence-electron chi connectivity index (χ2n) is 9.37. The lowest BCUT2D eigenvalue weighted by Crippen LogP contribution is -2.53. The van der Waals surface area contributed by atoms with Gasteiger partial charge in [-0.3, -0.25) is 13.9 Å². The van der Waals surface area contributed by atoms with Crippen LogP contribution in [0.5, 0.6) is 0 Å². The molecule has 214 valence electrons. The van der Waals surface area contributed by atoms with E-state index in [1.54, 1.807) is 42.5 Å². The minimum atomic E-state index is -3.82. The smallest absolute Gasteiger partial charge is 0.244 e. The molecule has 0 saturated carbocycles. The first-order valence-electron chi connectivity index (χ1n) is 12.8. The largest absolute Gasteiger partial charge is 0.354 e. The quantitative estimate of drug-likeness (QED) is 0.176. The van der Waals surface area contributed by atoms with Crippen molar-refractivity contribution in [2.24, 2.45) is 0 Å². The van der Waals surface area contributed by atoms with E-state index >= 15 is 0 Å². The molecule has 0 aromatic heterocycles. The van der Waals surface area contributed by atoms with Crippen molar-refractivity contribution < 1.29 is 18.0 Å². The molecular weight excluding hydrogens is 684 g/mol. The summed E-state index contributed by atoms with van der Waals surface area (Å²) in [5, 5.41) is 3.63. The summed E-state index contributed by atoms with van der Waals surface area (Å²) in [4.78, 5) is 29.1. The zero-order valence-electron chi connectivity index (χ0n) is 22.3. The second-order valence-corrected chi connectivity index (χ2v) is 13.3. The molecule has 0 aliphatic carbocycles. The Balaban J connectivity index is 2.04. The van der Waals surface area contributed by atoms with E-state index in [0.717, 1.165) is 32.5 Å². The van der Waals surface area contributed by atoms with E-state index in [2.05, 4.69) is 27.9 Å². The van der Waals surface area contributed by atoms with Crippen molar-refractivity contribution in [2.45, 2.75) is 38.8 Å². The van der Waals surface area contributed by atoms with Crippen LogP contribution in [-0.4, -0.2) is 50.5 Å². The van der Waals surface area contributed by atoms with E-state index < -0.39 is 28.5 Å². The number of anilines is 1. The summed E-state index contributed by atoms with van der Waals surface area (Å²) >= 11 is 14.5. The van der Waals surface area contributed by atoms with Crippen molar-refractivity contribution in [1.82, 2.24) is 10.2 Å². The highest BCUT2D eigenvalue weighted by atomic mass is 127. The van der Waals surface area contributed by atoms with Gasteiger partial charge in [0.15, 0.2) is 0 Å². The molecule has 0 aliphatic rings. The number of hydrogen-bond acceptors (Lipinski definition) is 4. The van der Waals surface area contributed by atoms with Crippen LogP contribution in [0, 0.1) is 3.57 Å². The molecule has 0 spiro atoms. The molecule has 1 atom stereocenters. The van der Waals surface area contributed by atoms with E-state index in [4.69, 9.17) is 23.2 Å². The van der Waals surface area contributed by atoms with Gasteiger partial charge >= 0.3 is 0 Å². The van der Waals surface area contributed by atoms with Gasteiger partial charge in [0.05, 0.1) is 22.0 Å². The Kier molecular flexibility index (Phi) is 12.1. The molecule has 0 heterocycles. The van der Waals surface area contributed by atoms with Crippen LogP contribution >= 0.6 is 45.8 Å². The Bertz CT molecular complexity index is 1410. The Morgan fingerprint density at radius 1 is 0.950 bits per heavy atom. The molecule has 2 amide bonds. The average molecular weight is 716 g/mol. The first kappa shape index (κ1) is 32.2. The van der Waals surface area contributed by atoms with Crippen LogP contribution < -0.4 is 9.62 Å². The highest BCUT2D eigenvalue weighted by molar-refractivity contribution is 14.1. The number of carbonyl (C=O) groups excluding carboxylic acids is 2. The number of benzene rings is 3. The fourth-order valence-electron chi connectivity index (χ4n) is 4.12. The van der Waals surface area contributed by atoms with Gasteiger partial charge in [0, 0.05) is 23.1 Å². The normalized spacial score (nSPS) is 12.0. The van der Waals surface area contributed by atoms with Crippen LogP contribution in [0.15, 0.2) is 72.8 Å². The molecule has 40 heavy (non-hydrogen) atoms. The van der Waals surface area contributed by atoms with Crippen molar-refractivity contribution in [3.05, 3.63) is 97.5 Å². The molecule has 0 fully saturated rings. The number of carbonyl (C=O) groups is 2. The summed E-state index contributed by atoms with van der Waals surface area (Å²) in [5.74, 6) is -0.840. The summed E-state index contributed by atoms with van der Waals surface area (Å²) < 4.78 is 27.6. The maximum Gasteiger partial charge on any atom is 0.244 e. The molecule has 3 aromatic carbocycles. The molecule has 0 bridgehead atoms. The van der Waals surface area contributed by atoms with Crippen molar-refractivity contribution >= 4 is 73.3 Å². The molecule has 11 heteroatoms. The third kappa shape index (κ3) is 9.36. The number of sulfonamides is 1. The summed E-state index contributed by atoms with van der Waals surface area (Å²) in [6.07, 6.45) is 2.99. The van der Waals surface area contributed by atoms with E-state index in [9.17, 15) is 18.0 Å². The molecule has 0 aliphatic heterocycles. The van der Waals surface area contributed by atoms with Gasteiger partial charge < -0.3 is 10.2 Å². The van der Waals surface area contributed by atoms with Gasteiger partial charge in [0.2, 0.25) is 21.8 Å². The predicted octanol–water partition coefficient (Wildman–Crippen LogP) is 5.92. The first-order chi connectivity index (χ1) is 19.0. The molecule has 0 unspecified atom stereocenters. The van der Waals surface area contributed by atoms with Crippen LogP contribution in [0.2, 0.25) is 10.0 Å². The standard InChI is InChI=1S/C29H32Cl2IN3O4S/c1-3-4-16-33-29(37)27(18-21-8-6-5-7-9-21)34(19-22-10-15-25(30)26(31)17-22)28(36)20-35(40(2,38)39)24-13-11-23(32)12-14-24/h5-15,17,27H,3-4,16,18-20H2,1-2H3,(H,33,37)/t27-/m1/s1. The number of amides is 2. The van der Waals surface area contributed by atoms with Gasteiger partial charge in [-0.1, -0.05) is 72.9 Å². The van der Waals surface area contributed by atoms with Gasteiger partial charge in [-0.05, 0) is 76.5 Å². The van der Waals surface area contributed by atoms with E-state index in [1.165, 1.54) is 4.90 Å². The van der Waals surface area contributed by atoms with Crippen LogP contribution in [0.4, 0.5) is 5.69 Å². The third-order valence-electron chi connectivity index (χ3n) is 6.23. The number of rotatable bonds is 13. The Labute approximate surface area is 260 Å². The average Bonchev–Trinajstić information content (AvgIpc) is 2.91. The third-order valence-corrected chi connectivity index (χ3v) is 8.83. The van der Waals surface area contributed by atoms with Crippen LogP contribution in [0.1, 0.15) is 30.9 Å². The highest BCUT2D eigenvalue weighted by Crippen LogP contribution is 2.25. The minimum Gasteiger partial charge on any atom is -0.354 e.